The monoisotopic (exact) mass is 296 g/mol. The van der Waals surface area contributed by atoms with Gasteiger partial charge in [0.25, 0.3) is 5.91 Å². The normalized spacial score (nSPS) is 10.4. The van der Waals surface area contributed by atoms with Crippen LogP contribution in [0.2, 0.25) is 0 Å². The number of aromatic nitrogens is 1. The maximum atomic E-state index is 12.0. The van der Waals surface area contributed by atoms with E-state index in [1.165, 1.54) is 16.2 Å². The van der Waals surface area contributed by atoms with Crippen LogP contribution in [0.15, 0.2) is 22.2 Å². The molecule has 0 aliphatic heterocycles. The van der Waals surface area contributed by atoms with Gasteiger partial charge in [-0.1, -0.05) is 0 Å². The van der Waals surface area contributed by atoms with Crippen molar-refractivity contribution in [2.24, 2.45) is 0 Å². The van der Waals surface area contributed by atoms with E-state index in [0.29, 0.717) is 5.69 Å². The molecular formula is C12H12N2O3S2. The van der Waals surface area contributed by atoms with E-state index in [0.717, 1.165) is 10.6 Å². The molecule has 0 fully saturated rings. The van der Waals surface area contributed by atoms with Crippen molar-refractivity contribution in [3.8, 4) is 10.6 Å². The molecule has 0 unspecified atom stereocenters. The summed E-state index contributed by atoms with van der Waals surface area (Å²) in [6, 6.07) is 1.95. The van der Waals surface area contributed by atoms with Gasteiger partial charge in [0, 0.05) is 29.9 Å². The number of amides is 1. The topological polar surface area (TPSA) is 70.5 Å². The molecule has 2 rings (SSSR count). The number of thiophene rings is 1. The molecule has 5 nitrogen and oxygen atoms in total. The maximum absolute atomic E-state index is 12.0. The van der Waals surface area contributed by atoms with Crippen LogP contribution in [0, 0.1) is 0 Å². The van der Waals surface area contributed by atoms with Crippen LogP contribution in [0.3, 0.4) is 0 Å². The Morgan fingerprint density at radius 1 is 1.42 bits per heavy atom. The largest absolute Gasteiger partial charge is 0.481 e. The smallest absolute Gasteiger partial charge is 0.305 e. The summed E-state index contributed by atoms with van der Waals surface area (Å²) in [5.41, 5.74) is 1.36. The molecule has 0 aromatic carbocycles. The van der Waals surface area contributed by atoms with E-state index in [2.05, 4.69) is 4.98 Å². The highest BCUT2D eigenvalue weighted by Crippen LogP contribution is 2.25. The number of hydrogen-bond donors (Lipinski definition) is 1. The minimum Gasteiger partial charge on any atom is -0.481 e. The van der Waals surface area contributed by atoms with Gasteiger partial charge in [0.1, 0.15) is 10.7 Å². The minimum atomic E-state index is -0.920. The van der Waals surface area contributed by atoms with E-state index in [4.69, 9.17) is 5.11 Å². The van der Waals surface area contributed by atoms with E-state index in [9.17, 15) is 9.59 Å². The number of carboxylic acids is 1. The predicted molar refractivity (Wildman–Crippen MR) is 74.6 cm³/mol. The fourth-order valence-electron chi connectivity index (χ4n) is 1.45. The number of aliphatic carboxylic acids is 1. The molecule has 0 atom stereocenters. The number of hydrogen-bond acceptors (Lipinski definition) is 5. The number of nitrogens with zero attached hydrogens (tertiary/aromatic N) is 2. The minimum absolute atomic E-state index is 0.0657. The number of thiazole rings is 1. The summed E-state index contributed by atoms with van der Waals surface area (Å²) in [4.78, 5) is 28.2. The van der Waals surface area contributed by atoms with Crippen LogP contribution in [0.4, 0.5) is 0 Å². The Labute approximate surface area is 118 Å². The molecule has 0 aliphatic rings. The summed E-state index contributed by atoms with van der Waals surface area (Å²) in [5, 5.41) is 15.0. The van der Waals surface area contributed by atoms with Crippen LogP contribution in [0.5, 0.6) is 0 Å². The Balaban J connectivity index is 2.06. The Morgan fingerprint density at radius 3 is 2.84 bits per heavy atom. The van der Waals surface area contributed by atoms with Gasteiger partial charge in [-0.3, -0.25) is 9.59 Å². The Kier molecular flexibility index (Phi) is 4.28. The van der Waals surface area contributed by atoms with Gasteiger partial charge in [-0.15, -0.1) is 11.3 Å². The van der Waals surface area contributed by atoms with Gasteiger partial charge in [0.05, 0.1) is 6.42 Å². The molecule has 7 heteroatoms. The number of carbonyl (C=O) groups is 2. The van der Waals surface area contributed by atoms with Crippen molar-refractivity contribution in [2.75, 3.05) is 13.6 Å². The van der Waals surface area contributed by atoms with E-state index < -0.39 is 5.97 Å². The molecular weight excluding hydrogens is 284 g/mol. The standard InChI is InChI=1S/C12H12N2O3S2/c1-14(4-2-10(15)16)12(17)9-7-19-11(13-9)8-3-5-18-6-8/h3,5-7H,2,4H2,1H3,(H,15,16). The van der Waals surface area contributed by atoms with Crippen molar-refractivity contribution < 1.29 is 14.7 Å². The first-order chi connectivity index (χ1) is 9.08. The van der Waals surface area contributed by atoms with Crippen molar-refractivity contribution >= 4 is 34.6 Å². The van der Waals surface area contributed by atoms with Crippen LogP contribution in [-0.4, -0.2) is 40.5 Å². The second-order valence-corrected chi connectivity index (χ2v) is 5.56. The Hall–Kier alpha value is -1.73. The van der Waals surface area contributed by atoms with E-state index in [1.807, 2.05) is 16.8 Å². The molecule has 2 heterocycles. The lowest BCUT2D eigenvalue weighted by Gasteiger charge is -2.14. The SMILES string of the molecule is CN(CCC(=O)O)C(=O)c1csc(-c2ccsc2)n1. The molecule has 0 radical (unpaired) electrons. The van der Waals surface area contributed by atoms with Crippen molar-refractivity contribution in [3.63, 3.8) is 0 Å². The number of carboxylic acid groups (broad SMARTS) is 1. The van der Waals surface area contributed by atoms with Crippen LogP contribution < -0.4 is 0 Å². The molecule has 0 saturated heterocycles. The third kappa shape index (κ3) is 3.39. The highest BCUT2D eigenvalue weighted by Gasteiger charge is 2.16. The zero-order chi connectivity index (χ0) is 13.8. The molecule has 19 heavy (non-hydrogen) atoms. The predicted octanol–water partition coefficient (Wildman–Crippen LogP) is 2.42. The van der Waals surface area contributed by atoms with Crippen LogP contribution in [0.1, 0.15) is 16.9 Å². The first kappa shape index (κ1) is 13.7. The molecule has 0 bridgehead atoms. The van der Waals surface area contributed by atoms with Crippen molar-refractivity contribution in [3.05, 3.63) is 27.9 Å². The Bertz CT molecular complexity index is 578. The maximum Gasteiger partial charge on any atom is 0.305 e. The van der Waals surface area contributed by atoms with Gasteiger partial charge in [0.2, 0.25) is 0 Å². The molecule has 2 aromatic rings. The molecule has 100 valence electrons. The second-order valence-electron chi connectivity index (χ2n) is 3.92. The lowest BCUT2D eigenvalue weighted by Crippen LogP contribution is -2.29. The van der Waals surface area contributed by atoms with Gasteiger partial charge >= 0.3 is 5.97 Å². The molecule has 0 spiro atoms. The summed E-state index contributed by atoms with van der Waals surface area (Å²) in [6.45, 7) is 0.180. The highest BCUT2D eigenvalue weighted by atomic mass is 32.1. The highest BCUT2D eigenvalue weighted by molar-refractivity contribution is 7.14. The van der Waals surface area contributed by atoms with Crippen LogP contribution in [0.25, 0.3) is 10.6 Å². The van der Waals surface area contributed by atoms with Gasteiger partial charge in [-0.2, -0.15) is 11.3 Å². The van der Waals surface area contributed by atoms with Crippen LogP contribution in [-0.2, 0) is 4.79 Å². The van der Waals surface area contributed by atoms with Crippen LogP contribution >= 0.6 is 22.7 Å². The van der Waals surface area contributed by atoms with Crippen molar-refractivity contribution in [1.29, 1.82) is 0 Å². The fourth-order valence-corrected chi connectivity index (χ4v) is 2.96. The summed E-state index contributed by atoms with van der Waals surface area (Å²) < 4.78 is 0. The first-order valence-corrected chi connectivity index (χ1v) is 7.35. The van der Waals surface area contributed by atoms with Gasteiger partial charge in [0.15, 0.2) is 0 Å². The van der Waals surface area contributed by atoms with Gasteiger partial charge in [-0.05, 0) is 11.4 Å². The lowest BCUT2D eigenvalue weighted by atomic mass is 10.3. The van der Waals surface area contributed by atoms with Crippen molar-refractivity contribution in [1.82, 2.24) is 9.88 Å². The van der Waals surface area contributed by atoms with Gasteiger partial charge < -0.3 is 10.0 Å². The lowest BCUT2D eigenvalue weighted by molar-refractivity contribution is -0.137. The zero-order valence-electron chi connectivity index (χ0n) is 10.2. The molecule has 0 aliphatic carbocycles. The first-order valence-electron chi connectivity index (χ1n) is 5.53. The average Bonchev–Trinajstić information content (AvgIpc) is 3.04. The molecule has 1 N–H and O–H groups in total. The zero-order valence-corrected chi connectivity index (χ0v) is 11.8. The number of rotatable bonds is 5. The average molecular weight is 296 g/mol. The summed E-state index contributed by atoms with van der Waals surface area (Å²) in [6.07, 6.45) is -0.0657. The third-order valence-corrected chi connectivity index (χ3v) is 4.07. The molecule has 2 aromatic heterocycles. The summed E-state index contributed by atoms with van der Waals surface area (Å²) in [5.74, 6) is -1.17. The second kappa shape index (κ2) is 5.94. The third-order valence-electron chi connectivity index (χ3n) is 2.50. The molecule has 0 saturated carbocycles. The van der Waals surface area contributed by atoms with E-state index in [1.54, 1.807) is 23.8 Å². The quantitative estimate of drug-likeness (QED) is 0.920. The molecule has 1 amide bonds. The Morgan fingerprint density at radius 2 is 2.21 bits per heavy atom. The summed E-state index contributed by atoms with van der Waals surface area (Å²) in [7, 11) is 1.58. The van der Waals surface area contributed by atoms with E-state index in [-0.39, 0.29) is 18.9 Å². The summed E-state index contributed by atoms with van der Waals surface area (Å²) >= 11 is 2.98. The van der Waals surface area contributed by atoms with E-state index >= 15 is 0 Å². The van der Waals surface area contributed by atoms with Crippen molar-refractivity contribution in [2.45, 2.75) is 6.42 Å². The van der Waals surface area contributed by atoms with Gasteiger partial charge in [-0.25, -0.2) is 4.98 Å². The fraction of sp³-hybridized carbons (Fsp3) is 0.250. The number of carbonyl (C=O) groups excluding carboxylic acids is 1.